The van der Waals surface area contributed by atoms with Gasteiger partial charge in [0.05, 0.1) is 17.9 Å². The molecule has 0 aliphatic heterocycles. The highest BCUT2D eigenvalue weighted by atomic mass is 35.5. The summed E-state index contributed by atoms with van der Waals surface area (Å²) in [6, 6.07) is 9.06. The van der Waals surface area contributed by atoms with Crippen molar-refractivity contribution in [1.29, 1.82) is 0 Å². The normalized spacial score (nSPS) is 10.3. The Bertz CT molecular complexity index is 852. The van der Waals surface area contributed by atoms with Crippen LogP contribution in [0.25, 0.3) is 0 Å². The molecule has 7 nitrogen and oxygen atoms in total. The van der Waals surface area contributed by atoms with Gasteiger partial charge in [-0.2, -0.15) is 0 Å². The molecule has 2 N–H and O–H groups in total. The van der Waals surface area contributed by atoms with Crippen LogP contribution in [0, 0.1) is 6.92 Å². The predicted molar refractivity (Wildman–Crippen MR) is 94.2 cm³/mol. The van der Waals surface area contributed by atoms with Gasteiger partial charge < -0.3 is 15.2 Å². The third kappa shape index (κ3) is 4.18. The van der Waals surface area contributed by atoms with Gasteiger partial charge in [-0.25, -0.2) is 9.78 Å². The molecule has 2 rings (SSSR count). The molecule has 2 aromatic rings. The monoisotopic (exact) mass is 376 g/mol. The maximum absolute atomic E-state index is 12.3. The second-order valence-corrected chi connectivity index (χ2v) is 5.61. The van der Waals surface area contributed by atoms with Crippen molar-refractivity contribution >= 4 is 29.3 Å². The zero-order chi connectivity index (χ0) is 19.3. The van der Waals surface area contributed by atoms with E-state index in [1.807, 2.05) is 18.2 Å². The van der Waals surface area contributed by atoms with Crippen LogP contribution in [0.4, 0.5) is 0 Å². The average Bonchev–Trinajstić information content (AvgIpc) is 2.60. The molecule has 136 valence electrons. The number of esters is 1. The van der Waals surface area contributed by atoms with Crippen LogP contribution in [0.3, 0.4) is 0 Å². The Morgan fingerprint density at radius 2 is 1.81 bits per heavy atom. The molecule has 0 spiro atoms. The number of hydrogen-bond donors (Lipinski definition) is 1. The van der Waals surface area contributed by atoms with Gasteiger partial charge in [0.15, 0.2) is 5.75 Å². The summed E-state index contributed by atoms with van der Waals surface area (Å²) in [5.74, 6) is -3.21. The minimum Gasteiger partial charge on any atom is -0.487 e. The summed E-state index contributed by atoms with van der Waals surface area (Å²) in [6.07, 6.45) is 0. The lowest BCUT2D eigenvalue weighted by Gasteiger charge is -2.16. The minimum atomic E-state index is -1.20. The summed E-state index contributed by atoms with van der Waals surface area (Å²) >= 11 is 6.08. The van der Waals surface area contributed by atoms with Gasteiger partial charge in [0, 0.05) is 0 Å². The van der Waals surface area contributed by atoms with E-state index in [4.69, 9.17) is 26.8 Å². The lowest BCUT2D eigenvalue weighted by atomic mass is 10.0. The lowest BCUT2D eigenvalue weighted by Crippen LogP contribution is -2.26. The maximum Gasteiger partial charge on any atom is 0.345 e. The number of rotatable bonds is 7. The zero-order valence-electron chi connectivity index (χ0n) is 14.2. The fourth-order valence-corrected chi connectivity index (χ4v) is 2.58. The van der Waals surface area contributed by atoms with E-state index in [-0.39, 0.29) is 40.9 Å². The van der Waals surface area contributed by atoms with Crippen LogP contribution in [0.1, 0.15) is 38.9 Å². The fourth-order valence-electron chi connectivity index (χ4n) is 2.29. The molecule has 26 heavy (non-hydrogen) atoms. The molecule has 1 amide bonds. The molecule has 0 unspecified atom stereocenters. The number of primary amides is 1. The van der Waals surface area contributed by atoms with E-state index in [0.717, 1.165) is 5.56 Å². The summed E-state index contributed by atoms with van der Waals surface area (Å²) < 4.78 is 10.7. The molecule has 0 fully saturated rings. The molecule has 1 heterocycles. The smallest absolute Gasteiger partial charge is 0.345 e. The van der Waals surface area contributed by atoms with Gasteiger partial charge in [0.1, 0.15) is 17.3 Å². The molecule has 1 aromatic carbocycles. The highest BCUT2D eigenvalue weighted by Crippen LogP contribution is 2.33. The standard InChI is InChI=1S/C18H17ClN2O5/c1-3-25-18(24)13-15(26-9-11-7-5-4-6-8-11)12(14(22)17(20)23)10(2)21-16(13)19/h4-8H,3,9H2,1-2H3,(H2,20,23). The van der Waals surface area contributed by atoms with Gasteiger partial charge in [-0.1, -0.05) is 41.9 Å². The van der Waals surface area contributed by atoms with Crippen molar-refractivity contribution in [2.24, 2.45) is 5.73 Å². The van der Waals surface area contributed by atoms with Gasteiger partial charge in [0.2, 0.25) is 0 Å². The minimum absolute atomic E-state index is 0.0338. The van der Waals surface area contributed by atoms with E-state index in [1.54, 1.807) is 19.1 Å². The summed E-state index contributed by atoms with van der Waals surface area (Å²) in [5, 5.41) is -0.190. The Labute approximate surface area is 155 Å². The number of ketones is 1. The number of carbonyl (C=O) groups excluding carboxylic acids is 3. The summed E-state index contributed by atoms with van der Waals surface area (Å²) in [4.78, 5) is 39.9. The van der Waals surface area contributed by atoms with E-state index >= 15 is 0 Å². The number of amides is 1. The fraction of sp³-hybridized carbons (Fsp3) is 0.222. The SMILES string of the molecule is CCOC(=O)c1c(Cl)nc(C)c(C(=O)C(N)=O)c1OCc1ccccc1. The number of aromatic nitrogens is 1. The van der Waals surface area contributed by atoms with E-state index in [0.29, 0.717) is 0 Å². The van der Waals surface area contributed by atoms with Crippen molar-refractivity contribution < 1.29 is 23.9 Å². The van der Waals surface area contributed by atoms with Crippen LogP contribution in [-0.4, -0.2) is 29.3 Å². The molecule has 8 heteroatoms. The molecule has 0 atom stereocenters. The second kappa shape index (κ2) is 8.44. The topological polar surface area (TPSA) is 109 Å². The van der Waals surface area contributed by atoms with Gasteiger partial charge in [0.25, 0.3) is 11.7 Å². The first-order chi connectivity index (χ1) is 12.4. The Hall–Kier alpha value is -2.93. The zero-order valence-corrected chi connectivity index (χ0v) is 15.0. The molecule has 0 radical (unpaired) electrons. The summed E-state index contributed by atoms with van der Waals surface area (Å²) in [7, 11) is 0. The number of carbonyl (C=O) groups is 3. The highest BCUT2D eigenvalue weighted by Gasteiger charge is 2.30. The van der Waals surface area contributed by atoms with Crippen molar-refractivity contribution in [3.05, 3.63) is 57.9 Å². The number of ether oxygens (including phenoxy) is 2. The molecule has 0 aliphatic carbocycles. The maximum atomic E-state index is 12.3. The average molecular weight is 377 g/mol. The number of hydrogen-bond acceptors (Lipinski definition) is 6. The number of nitrogens with zero attached hydrogens (tertiary/aromatic N) is 1. The van der Waals surface area contributed by atoms with Gasteiger partial charge >= 0.3 is 5.97 Å². The van der Waals surface area contributed by atoms with E-state index < -0.39 is 17.7 Å². The number of Topliss-reactive ketones (excluding diaryl/α,β-unsaturated/α-hetero) is 1. The Morgan fingerprint density at radius 3 is 2.38 bits per heavy atom. The number of nitrogens with two attached hydrogens (primary N) is 1. The molecule has 1 aromatic heterocycles. The molecular weight excluding hydrogens is 360 g/mol. The molecular formula is C18H17ClN2O5. The Kier molecular flexibility index (Phi) is 6.30. The van der Waals surface area contributed by atoms with Crippen LogP contribution in [-0.2, 0) is 16.1 Å². The van der Waals surface area contributed by atoms with Gasteiger partial charge in [-0.3, -0.25) is 9.59 Å². The number of halogens is 1. The van der Waals surface area contributed by atoms with Crippen LogP contribution >= 0.6 is 11.6 Å². The van der Waals surface area contributed by atoms with Crippen LogP contribution < -0.4 is 10.5 Å². The van der Waals surface area contributed by atoms with Crippen molar-refractivity contribution in [2.75, 3.05) is 6.61 Å². The lowest BCUT2D eigenvalue weighted by molar-refractivity contribution is -0.114. The number of benzene rings is 1. The largest absolute Gasteiger partial charge is 0.487 e. The van der Waals surface area contributed by atoms with Crippen LogP contribution in [0.15, 0.2) is 30.3 Å². The quantitative estimate of drug-likeness (QED) is 0.344. The molecule has 0 saturated heterocycles. The van der Waals surface area contributed by atoms with Gasteiger partial charge in [-0.15, -0.1) is 0 Å². The molecule has 0 saturated carbocycles. The van der Waals surface area contributed by atoms with Crippen molar-refractivity contribution in [2.45, 2.75) is 20.5 Å². The summed E-state index contributed by atoms with van der Waals surface area (Å²) in [5.41, 5.74) is 5.59. The highest BCUT2D eigenvalue weighted by molar-refractivity contribution is 6.44. The Morgan fingerprint density at radius 1 is 1.15 bits per heavy atom. The number of pyridine rings is 1. The second-order valence-electron chi connectivity index (χ2n) is 5.26. The third-order valence-corrected chi connectivity index (χ3v) is 3.72. The van der Waals surface area contributed by atoms with Crippen molar-refractivity contribution in [3.63, 3.8) is 0 Å². The first-order valence-electron chi connectivity index (χ1n) is 7.74. The Balaban J connectivity index is 2.59. The van der Waals surface area contributed by atoms with E-state index in [1.165, 1.54) is 6.92 Å². The molecule has 0 bridgehead atoms. The molecule has 0 aliphatic rings. The van der Waals surface area contributed by atoms with Crippen molar-refractivity contribution in [3.8, 4) is 5.75 Å². The van der Waals surface area contributed by atoms with Crippen LogP contribution in [0.2, 0.25) is 5.15 Å². The van der Waals surface area contributed by atoms with Crippen LogP contribution in [0.5, 0.6) is 5.75 Å². The number of aryl methyl sites for hydroxylation is 1. The first kappa shape index (κ1) is 19.4. The van der Waals surface area contributed by atoms with E-state index in [9.17, 15) is 14.4 Å². The summed E-state index contributed by atoms with van der Waals surface area (Å²) in [6.45, 7) is 3.20. The predicted octanol–water partition coefficient (Wildman–Crippen LogP) is 2.47. The van der Waals surface area contributed by atoms with Gasteiger partial charge in [-0.05, 0) is 19.4 Å². The van der Waals surface area contributed by atoms with Crippen molar-refractivity contribution in [1.82, 2.24) is 4.98 Å². The third-order valence-electron chi connectivity index (χ3n) is 3.44. The first-order valence-corrected chi connectivity index (χ1v) is 8.12. The van der Waals surface area contributed by atoms with E-state index in [2.05, 4.69) is 4.98 Å².